The van der Waals surface area contributed by atoms with Crippen molar-refractivity contribution in [2.75, 3.05) is 11.9 Å². The molecule has 0 spiro atoms. The number of hydrogen-bond donors (Lipinski definition) is 1. The number of rotatable bonds is 2. The van der Waals surface area contributed by atoms with Gasteiger partial charge in [-0.2, -0.15) is 0 Å². The van der Waals surface area contributed by atoms with Crippen LogP contribution >= 0.6 is 0 Å². The van der Waals surface area contributed by atoms with Crippen molar-refractivity contribution in [1.29, 1.82) is 0 Å². The summed E-state index contributed by atoms with van der Waals surface area (Å²) in [7, 11) is 2.25. The molecule has 4 heteroatoms. The van der Waals surface area contributed by atoms with Crippen LogP contribution in [0.15, 0.2) is 18.6 Å². The molecule has 4 fully saturated rings. The molecule has 0 atom stereocenters. The molecule has 2 heterocycles. The molecule has 0 aliphatic heterocycles. The third-order valence-electron chi connectivity index (χ3n) is 6.29. The quantitative estimate of drug-likeness (QED) is 0.920. The average Bonchev–Trinajstić information content (AvgIpc) is 2.94. The molecular formula is C17H22N4. The molecule has 4 saturated carbocycles. The Hall–Kier alpha value is -1.58. The second-order valence-electron chi connectivity index (χ2n) is 7.47. The standard InChI is InChI=1S/C17H22N4/c1-21(17-14-2-3-18-16(14)19-9-20-17)15-12-5-10-4-11(7-12)8-13(15)6-10/h2-3,9-13,15H,4-8H2,1H3,(H,18,19,20). The molecule has 0 amide bonds. The summed E-state index contributed by atoms with van der Waals surface area (Å²) in [5, 5.41) is 1.16. The fraction of sp³-hybridized carbons (Fsp3) is 0.647. The van der Waals surface area contributed by atoms with Crippen molar-refractivity contribution in [3.8, 4) is 0 Å². The fourth-order valence-corrected chi connectivity index (χ4v) is 5.81. The van der Waals surface area contributed by atoms with Crippen LogP contribution in [-0.2, 0) is 0 Å². The van der Waals surface area contributed by atoms with Gasteiger partial charge in [0.15, 0.2) is 0 Å². The third-order valence-corrected chi connectivity index (χ3v) is 6.29. The van der Waals surface area contributed by atoms with E-state index in [0.717, 1.165) is 40.5 Å². The minimum atomic E-state index is 0.686. The number of H-pyrrole nitrogens is 1. The molecule has 2 aromatic rings. The SMILES string of the molecule is CN(c1ncnc2[nH]ccc12)C1C2CC3CC(C2)CC1C3. The Morgan fingerprint density at radius 1 is 1.05 bits per heavy atom. The Labute approximate surface area is 125 Å². The number of nitrogens with zero attached hydrogens (tertiary/aromatic N) is 3. The lowest BCUT2D eigenvalue weighted by atomic mass is 9.54. The zero-order chi connectivity index (χ0) is 14.0. The van der Waals surface area contributed by atoms with Crippen LogP contribution in [0.25, 0.3) is 11.0 Å². The molecule has 6 rings (SSSR count). The molecule has 0 radical (unpaired) electrons. The van der Waals surface area contributed by atoms with Gasteiger partial charge in [-0.15, -0.1) is 0 Å². The van der Waals surface area contributed by atoms with Crippen molar-refractivity contribution in [2.24, 2.45) is 23.7 Å². The van der Waals surface area contributed by atoms with Crippen LogP contribution in [0.2, 0.25) is 0 Å². The third kappa shape index (κ3) is 1.68. The normalized spacial score (nSPS) is 37.3. The summed E-state index contributed by atoms with van der Waals surface area (Å²) in [6.45, 7) is 0. The summed E-state index contributed by atoms with van der Waals surface area (Å²) in [6.07, 6.45) is 11.0. The lowest BCUT2D eigenvalue weighted by Crippen LogP contribution is -2.55. The molecule has 0 aromatic carbocycles. The number of aromatic nitrogens is 3. The summed E-state index contributed by atoms with van der Waals surface area (Å²) in [4.78, 5) is 14.6. The maximum atomic E-state index is 4.61. The van der Waals surface area contributed by atoms with Crippen molar-refractivity contribution in [3.05, 3.63) is 18.6 Å². The van der Waals surface area contributed by atoms with Crippen LogP contribution in [0.3, 0.4) is 0 Å². The van der Waals surface area contributed by atoms with E-state index in [1.54, 1.807) is 6.33 Å². The highest BCUT2D eigenvalue weighted by Crippen LogP contribution is 2.55. The van der Waals surface area contributed by atoms with Crippen molar-refractivity contribution < 1.29 is 0 Å². The van der Waals surface area contributed by atoms with E-state index >= 15 is 0 Å². The number of fused-ring (bicyclic) bond motifs is 1. The zero-order valence-corrected chi connectivity index (χ0v) is 12.5. The van der Waals surface area contributed by atoms with E-state index in [4.69, 9.17) is 0 Å². The Morgan fingerprint density at radius 3 is 2.48 bits per heavy atom. The lowest BCUT2D eigenvalue weighted by Gasteiger charge is -2.56. The van der Waals surface area contributed by atoms with Crippen LogP contribution in [0.5, 0.6) is 0 Å². The molecule has 110 valence electrons. The number of aromatic amines is 1. The van der Waals surface area contributed by atoms with Gasteiger partial charge in [0.05, 0.1) is 5.39 Å². The predicted molar refractivity (Wildman–Crippen MR) is 83.1 cm³/mol. The molecule has 1 N–H and O–H groups in total. The van der Waals surface area contributed by atoms with Gasteiger partial charge in [0.25, 0.3) is 0 Å². The smallest absolute Gasteiger partial charge is 0.142 e. The van der Waals surface area contributed by atoms with Crippen molar-refractivity contribution in [3.63, 3.8) is 0 Å². The molecule has 4 aliphatic rings. The molecule has 2 aromatic heterocycles. The zero-order valence-electron chi connectivity index (χ0n) is 12.5. The van der Waals surface area contributed by atoms with Gasteiger partial charge in [0, 0.05) is 19.3 Å². The minimum Gasteiger partial charge on any atom is -0.355 e. The highest BCUT2D eigenvalue weighted by molar-refractivity contribution is 5.87. The molecule has 4 aliphatic carbocycles. The van der Waals surface area contributed by atoms with Crippen LogP contribution in [0, 0.1) is 23.7 Å². The van der Waals surface area contributed by atoms with Crippen molar-refractivity contribution in [2.45, 2.75) is 38.1 Å². The van der Waals surface area contributed by atoms with E-state index < -0.39 is 0 Å². The van der Waals surface area contributed by atoms with Gasteiger partial charge < -0.3 is 9.88 Å². The van der Waals surface area contributed by atoms with E-state index in [0.29, 0.717) is 6.04 Å². The second-order valence-corrected chi connectivity index (χ2v) is 7.47. The van der Waals surface area contributed by atoms with Gasteiger partial charge >= 0.3 is 0 Å². The van der Waals surface area contributed by atoms with Gasteiger partial charge in [0.1, 0.15) is 17.8 Å². The molecular weight excluding hydrogens is 260 g/mol. The summed E-state index contributed by atoms with van der Waals surface area (Å²) >= 11 is 0. The van der Waals surface area contributed by atoms with Crippen LogP contribution in [0.4, 0.5) is 5.82 Å². The van der Waals surface area contributed by atoms with Gasteiger partial charge in [-0.25, -0.2) is 9.97 Å². The summed E-state index contributed by atoms with van der Waals surface area (Å²) < 4.78 is 0. The minimum absolute atomic E-state index is 0.686. The topological polar surface area (TPSA) is 44.8 Å². The van der Waals surface area contributed by atoms with E-state index in [1.807, 2.05) is 6.20 Å². The molecule has 21 heavy (non-hydrogen) atoms. The molecule has 0 saturated heterocycles. The van der Waals surface area contributed by atoms with E-state index in [9.17, 15) is 0 Å². The first-order valence-corrected chi connectivity index (χ1v) is 8.30. The number of anilines is 1. The Bertz CT molecular complexity index is 648. The lowest BCUT2D eigenvalue weighted by molar-refractivity contribution is -0.00135. The van der Waals surface area contributed by atoms with Crippen molar-refractivity contribution >= 4 is 16.9 Å². The van der Waals surface area contributed by atoms with E-state index in [-0.39, 0.29) is 0 Å². The Balaban J connectivity index is 1.54. The van der Waals surface area contributed by atoms with Gasteiger partial charge in [-0.3, -0.25) is 0 Å². The predicted octanol–water partition coefficient (Wildman–Crippen LogP) is 3.22. The summed E-state index contributed by atoms with van der Waals surface area (Å²) in [6, 6.07) is 2.79. The monoisotopic (exact) mass is 282 g/mol. The van der Waals surface area contributed by atoms with Gasteiger partial charge in [-0.05, 0) is 61.8 Å². The molecule has 4 bridgehead atoms. The maximum absolute atomic E-state index is 4.61. The first-order valence-electron chi connectivity index (χ1n) is 8.30. The maximum Gasteiger partial charge on any atom is 0.142 e. The van der Waals surface area contributed by atoms with Crippen LogP contribution in [-0.4, -0.2) is 28.0 Å². The van der Waals surface area contributed by atoms with E-state index in [2.05, 4.69) is 33.0 Å². The summed E-state index contributed by atoms with van der Waals surface area (Å²) in [5.41, 5.74) is 0.954. The number of hydrogen-bond acceptors (Lipinski definition) is 3. The highest BCUT2D eigenvalue weighted by Gasteiger charge is 2.49. The van der Waals surface area contributed by atoms with E-state index in [1.165, 1.54) is 32.1 Å². The first-order chi connectivity index (χ1) is 10.3. The van der Waals surface area contributed by atoms with Crippen LogP contribution < -0.4 is 4.90 Å². The van der Waals surface area contributed by atoms with Crippen molar-refractivity contribution in [1.82, 2.24) is 15.0 Å². The highest BCUT2D eigenvalue weighted by atomic mass is 15.2. The molecule has 4 nitrogen and oxygen atoms in total. The Morgan fingerprint density at radius 2 is 1.76 bits per heavy atom. The number of nitrogens with one attached hydrogen (secondary N) is 1. The van der Waals surface area contributed by atoms with Gasteiger partial charge in [-0.1, -0.05) is 0 Å². The molecule has 0 unspecified atom stereocenters. The second kappa shape index (κ2) is 4.21. The largest absolute Gasteiger partial charge is 0.355 e. The fourth-order valence-electron chi connectivity index (χ4n) is 5.81. The Kier molecular flexibility index (Phi) is 2.41. The first kappa shape index (κ1) is 12.0. The van der Waals surface area contributed by atoms with Gasteiger partial charge in [0.2, 0.25) is 0 Å². The average molecular weight is 282 g/mol. The van der Waals surface area contributed by atoms with Crippen LogP contribution in [0.1, 0.15) is 32.1 Å². The summed E-state index contributed by atoms with van der Waals surface area (Å²) in [5.74, 6) is 4.92.